The lowest BCUT2D eigenvalue weighted by Gasteiger charge is -2.18. The van der Waals surface area contributed by atoms with Gasteiger partial charge in [-0.1, -0.05) is 0 Å². The minimum absolute atomic E-state index is 0.123. The zero-order chi connectivity index (χ0) is 18.7. The fourth-order valence-corrected chi connectivity index (χ4v) is 3.94. The molecule has 2 heterocycles. The second kappa shape index (κ2) is 7.35. The third kappa shape index (κ3) is 3.66. The largest absolute Gasteiger partial charge is 0.274 e. The van der Waals surface area contributed by atoms with Crippen LogP contribution in [0, 0.1) is 0 Å². The van der Waals surface area contributed by atoms with E-state index < -0.39 is 10.0 Å². The summed E-state index contributed by atoms with van der Waals surface area (Å²) < 4.78 is 26.6. The summed E-state index contributed by atoms with van der Waals surface area (Å²) in [6.45, 7) is 0.331. The highest BCUT2D eigenvalue weighted by Crippen LogP contribution is 2.25. The number of hydrogen-bond donors (Lipinski definition) is 0. The first kappa shape index (κ1) is 18.2. The lowest BCUT2D eigenvalue weighted by atomic mass is 10.2. The molecule has 1 aromatic heterocycles. The van der Waals surface area contributed by atoms with Gasteiger partial charge in [0, 0.05) is 38.8 Å². The second-order valence-electron chi connectivity index (χ2n) is 6.05. The Morgan fingerprint density at radius 2 is 1.58 bits per heavy atom. The van der Waals surface area contributed by atoms with E-state index in [1.165, 1.54) is 35.6 Å². The summed E-state index contributed by atoms with van der Waals surface area (Å²) in [5.41, 5.74) is 1.40. The first-order valence-electron chi connectivity index (χ1n) is 8.20. The van der Waals surface area contributed by atoms with Gasteiger partial charge in [0.15, 0.2) is 0 Å². The van der Waals surface area contributed by atoms with E-state index in [-0.39, 0.29) is 29.6 Å². The molecule has 0 saturated carbocycles. The van der Waals surface area contributed by atoms with Crippen LogP contribution in [0.2, 0.25) is 0 Å². The SMILES string of the molecule is CN(CCc1ccncc1)S(=O)(=O)c1ccc(N2C(=O)CCC2=O)cc1. The maximum atomic E-state index is 12.7. The number of benzene rings is 1. The Morgan fingerprint density at radius 1 is 1.00 bits per heavy atom. The van der Waals surface area contributed by atoms with E-state index in [0.29, 0.717) is 18.7 Å². The molecule has 7 nitrogen and oxygen atoms in total. The number of aromatic nitrogens is 1. The maximum Gasteiger partial charge on any atom is 0.242 e. The topological polar surface area (TPSA) is 87.7 Å². The highest BCUT2D eigenvalue weighted by Gasteiger charge is 2.30. The molecule has 0 aliphatic carbocycles. The van der Waals surface area contributed by atoms with Crippen molar-refractivity contribution in [2.24, 2.45) is 0 Å². The van der Waals surface area contributed by atoms with Crippen LogP contribution in [0.5, 0.6) is 0 Å². The standard InChI is InChI=1S/C18H19N3O4S/c1-20(13-10-14-8-11-19-12-9-14)26(24,25)16-4-2-15(3-5-16)21-17(22)6-7-18(21)23/h2-5,8-9,11-12H,6-7,10,13H2,1H3. The average Bonchev–Trinajstić information content (AvgIpc) is 2.99. The molecule has 0 spiro atoms. The normalized spacial score (nSPS) is 15.1. The van der Waals surface area contributed by atoms with Crippen LogP contribution in [0.1, 0.15) is 18.4 Å². The van der Waals surface area contributed by atoms with Crippen molar-refractivity contribution in [3.63, 3.8) is 0 Å². The van der Waals surface area contributed by atoms with Gasteiger partial charge in [0.25, 0.3) is 0 Å². The number of carbonyl (C=O) groups is 2. The van der Waals surface area contributed by atoms with Gasteiger partial charge in [-0.05, 0) is 48.4 Å². The van der Waals surface area contributed by atoms with Gasteiger partial charge in [-0.15, -0.1) is 0 Å². The van der Waals surface area contributed by atoms with Gasteiger partial charge in [-0.2, -0.15) is 0 Å². The number of anilines is 1. The Kier molecular flexibility index (Phi) is 5.15. The van der Waals surface area contributed by atoms with Gasteiger partial charge in [0.2, 0.25) is 21.8 Å². The van der Waals surface area contributed by atoms with Gasteiger partial charge in [-0.25, -0.2) is 12.7 Å². The van der Waals surface area contributed by atoms with Crippen molar-refractivity contribution in [2.75, 3.05) is 18.5 Å². The summed E-state index contributed by atoms with van der Waals surface area (Å²) in [6, 6.07) is 9.52. The van der Waals surface area contributed by atoms with Crippen molar-refractivity contribution in [1.29, 1.82) is 0 Å². The lowest BCUT2D eigenvalue weighted by Crippen LogP contribution is -2.30. The monoisotopic (exact) mass is 373 g/mol. The first-order chi connectivity index (χ1) is 12.4. The smallest absolute Gasteiger partial charge is 0.242 e. The van der Waals surface area contributed by atoms with Gasteiger partial charge < -0.3 is 0 Å². The van der Waals surface area contributed by atoms with Crippen LogP contribution in [0.4, 0.5) is 5.69 Å². The average molecular weight is 373 g/mol. The third-order valence-corrected chi connectivity index (χ3v) is 6.19. The van der Waals surface area contributed by atoms with E-state index in [4.69, 9.17) is 0 Å². The summed E-state index contributed by atoms with van der Waals surface area (Å²) in [5, 5.41) is 0. The number of pyridine rings is 1. The van der Waals surface area contributed by atoms with Crippen LogP contribution in [0.3, 0.4) is 0 Å². The summed E-state index contributed by atoms with van der Waals surface area (Å²) in [6.07, 6.45) is 4.30. The zero-order valence-corrected chi connectivity index (χ0v) is 15.1. The molecular formula is C18H19N3O4S. The number of amides is 2. The van der Waals surface area contributed by atoms with E-state index in [1.54, 1.807) is 12.4 Å². The van der Waals surface area contributed by atoms with Crippen molar-refractivity contribution >= 4 is 27.5 Å². The molecular weight excluding hydrogens is 354 g/mol. The summed E-state index contributed by atoms with van der Waals surface area (Å²) >= 11 is 0. The van der Waals surface area contributed by atoms with E-state index in [1.807, 2.05) is 12.1 Å². The molecule has 1 saturated heterocycles. The molecule has 1 fully saturated rings. The van der Waals surface area contributed by atoms with Crippen molar-refractivity contribution < 1.29 is 18.0 Å². The maximum absolute atomic E-state index is 12.7. The molecule has 3 rings (SSSR count). The second-order valence-corrected chi connectivity index (χ2v) is 8.09. The van der Waals surface area contributed by atoms with Crippen molar-refractivity contribution in [2.45, 2.75) is 24.2 Å². The third-order valence-electron chi connectivity index (χ3n) is 4.32. The molecule has 1 aliphatic rings. The molecule has 1 aromatic carbocycles. The lowest BCUT2D eigenvalue weighted by molar-refractivity contribution is -0.121. The van der Waals surface area contributed by atoms with Gasteiger partial charge >= 0.3 is 0 Å². The highest BCUT2D eigenvalue weighted by atomic mass is 32.2. The minimum Gasteiger partial charge on any atom is -0.274 e. The van der Waals surface area contributed by atoms with Crippen LogP contribution in [-0.4, -0.2) is 43.1 Å². The number of sulfonamides is 1. The molecule has 0 radical (unpaired) electrons. The van der Waals surface area contributed by atoms with Crippen LogP contribution in [-0.2, 0) is 26.0 Å². The molecule has 1 aliphatic heterocycles. The van der Waals surface area contributed by atoms with Crippen molar-refractivity contribution in [3.8, 4) is 0 Å². The van der Waals surface area contributed by atoms with Crippen LogP contribution < -0.4 is 4.90 Å². The van der Waals surface area contributed by atoms with Crippen molar-refractivity contribution in [1.82, 2.24) is 9.29 Å². The van der Waals surface area contributed by atoms with E-state index in [2.05, 4.69) is 4.98 Å². The summed E-state index contributed by atoms with van der Waals surface area (Å²) in [5.74, 6) is -0.528. The Balaban J connectivity index is 1.72. The molecule has 0 bridgehead atoms. The Morgan fingerprint density at radius 3 is 2.15 bits per heavy atom. The van der Waals surface area contributed by atoms with E-state index >= 15 is 0 Å². The van der Waals surface area contributed by atoms with E-state index in [0.717, 1.165) is 10.5 Å². The van der Waals surface area contributed by atoms with Crippen molar-refractivity contribution in [3.05, 3.63) is 54.4 Å². The summed E-state index contributed by atoms with van der Waals surface area (Å²) in [4.78, 5) is 28.7. The fraction of sp³-hybridized carbons (Fsp3) is 0.278. The number of hydrogen-bond acceptors (Lipinski definition) is 5. The molecule has 0 unspecified atom stereocenters. The Bertz CT molecular complexity index is 895. The highest BCUT2D eigenvalue weighted by molar-refractivity contribution is 7.89. The number of nitrogens with zero attached hydrogens (tertiary/aromatic N) is 3. The predicted octanol–water partition coefficient (Wildman–Crippen LogP) is 1.60. The van der Waals surface area contributed by atoms with Crippen LogP contribution >= 0.6 is 0 Å². The Hall–Kier alpha value is -2.58. The molecule has 2 amide bonds. The number of imide groups is 1. The zero-order valence-electron chi connectivity index (χ0n) is 14.3. The van der Waals surface area contributed by atoms with Gasteiger partial charge in [-0.3, -0.25) is 19.5 Å². The van der Waals surface area contributed by atoms with Gasteiger partial charge in [0.1, 0.15) is 0 Å². The molecule has 136 valence electrons. The summed E-state index contributed by atoms with van der Waals surface area (Å²) in [7, 11) is -2.12. The quantitative estimate of drug-likeness (QED) is 0.718. The van der Waals surface area contributed by atoms with Crippen LogP contribution in [0.25, 0.3) is 0 Å². The molecule has 0 atom stereocenters. The molecule has 2 aromatic rings. The number of rotatable bonds is 6. The number of carbonyl (C=O) groups excluding carboxylic acids is 2. The fourth-order valence-electron chi connectivity index (χ4n) is 2.77. The van der Waals surface area contributed by atoms with Crippen LogP contribution in [0.15, 0.2) is 53.7 Å². The minimum atomic E-state index is -3.65. The Labute approximate surface area is 152 Å². The van der Waals surface area contributed by atoms with Gasteiger partial charge in [0.05, 0.1) is 10.6 Å². The predicted molar refractivity (Wildman–Crippen MR) is 95.9 cm³/mol. The molecule has 26 heavy (non-hydrogen) atoms. The first-order valence-corrected chi connectivity index (χ1v) is 9.65. The molecule has 0 N–H and O–H groups in total. The molecule has 8 heteroatoms. The van der Waals surface area contributed by atoms with E-state index in [9.17, 15) is 18.0 Å². The number of likely N-dealkylation sites (N-methyl/N-ethyl adjacent to an activating group) is 1.